The first-order chi connectivity index (χ1) is 8.24. The Morgan fingerprint density at radius 3 is 2.41 bits per heavy atom. The first kappa shape index (κ1) is 11.2. The molecule has 0 saturated heterocycles. The third-order valence-corrected chi connectivity index (χ3v) is 2.72. The normalized spacial score (nSPS) is 11.5. The van der Waals surface area contributed by atoms with Crippen LogP contribution in [0.1, 0.15) is 11.1 Å². The summed E-state index contributed by atoms with van der Waals surface area (Å²) in [5.41, 5.74) is 9.53. The Morgan fingerprint density at radius 1 is 1.06 bits per heavy atom. The number of nitrogens with zero attached hydrogens (tertiary/aromatic N) is 1. The molecule has 17 heavy (non-hydrogen) atoms. The van der Waals surface area contributed by atoms with Crippen LogP contribution in [0.15, 0.2) is 53.7 Å². The molecular weight excluding hydrogens is 212 g/mol. The quantitative estimate of drug-likeness (QED) is 0.358. The molecule has 2 rings (SSSR count). The Morgan fingerprint density at radius 2 is 1.76 bits per heavy atom. The molecule has 0 fully saturated rings. The van der Waals surface area contributed by atoms with Crippen LogP contribution in [-0.4, -0.2) is 11.0 Å². The molecule has 0 heterocycles. The highest BCUT2D eigenvalue weighted by molar-refractivity contribution is 6.04. The van der Waals surface area contributed by atoms with E-state index in [0.717, 1.165) is 22.3 Å². The lowest BCUT2D eigenvalue weighted by atomic mass is 9.95. The highest BCUT2D eigenvalue weighted by Crippen LogP contribution is 2.25. The van der Waals surface area contributed by atoms with Crippen LogP contribution in [0.3, 0.4) is 0 Å². The summed E-state index contributed by atoms with van der Waals surface area (Å²) in [6.07, 6.45) is 0. The molecule has 0 atom stereocenters. The Balaban J connectivity index is 2.67. The molecule has 3 heteroatoms. The topological polar surface area (TPSA) is 58.6 Å². The Hall–Kier alpha value is -2.29. The summed E-state index contributed by atoms with van der Waals surface area (Å²) in [5, 5.41) is 11.9. The fourth-order valence-corrected chi connectivity index (χ4v) is 1.92. The van der Waals surface area contributed by atoms with Crippen LogP contribution in [0, 0.1) is 6.92 Å². The molecule has 0 unspecified atom stereocenters. The summed E-state index contributed by atoms with van der Waals surface area (Å²) in [6.45, 7) is 1.94. The van der Waals surface area contributed by atoms with Gasteiger partial charge in [-0.05, 0) is 23.6 Å². The van der Waals surface area contributed by atoms with Crippen LogP contribution in [0.4, 0.5) is 0 Å². The van der Waals surface area contributed by atoms with Gasteiger partial charge in [0.05, 0.1) is 0 Å². The van der Waals surface area contributed by atoms with Gasteiger partial charge in [0.25, 0.3) is 0 Å². The van der Waals surface area contributed by atoms with Gasteiger partial charge in [0.1, 0.15) is 0 Å². The van der Waals surface area contributed by atoms with Crippen molar-refractivity contribution in [2.45, 2.75) is 6.92 Å². The zero-order valence-corrected chi connectivity index (χ0v) is 9.59. The lowest BCUT2D eigenvalue weighted by molar-refractivity contribution is 0.318. The molecule has 0 saturated carbocycles. The maximum Gasteiger partial charge on any atom is 0.170 e. The van der Waals surface area contributed by atoms with Crippen molar-refractivity contribution < 1.29 is 5.21 Å². The standard InChI is InChI=1S/C14H14N2O/c1-10-6-5-9-12(13(10)14(15)16-17)11-7-3-2-4-8-11/h2-9,17H,1H3,(H2,15,16). The van der Waals surface area contributed by atoms with Crippen LogP contribution in [0.5, 0.6) is 0 Å². The van der Waals surface area contributed by atoms with Crippen molar-refractivity contribution in [1.29, 1.82) is 0 Å². The van der Waals surface area contributed by atoms with E-state index in [4.69, 9.17) is 10.9 Å². The van der Waals surface area contributed by atoms with Crippen molar-refractivity contribution in [1.82, 2.24) is 0 Å². The van der Waals surface area contributed by atoms with Gasteiger partial charge in [0, 0.05) is 5.56 Å². The summed E-state index contributed by atoms with van der Waals surface area (Å²) in [6, 6.07) is 15.8. The maximum absolute atomic E-state index is 8.85. The van der Waals surface area contributed by atoms with E-state index in [1.165, 1.54) is 0 Å². The predicted octanol–water partition coefficient (Wildman–Crippen LogP) is 2.76. The van der Waals surface area contributed by atoms with Crippen molar-refractivity contribution in [2.75, 3.05) is 0 Å². The number of oxime groups is 1. The largest absolute Gasteiger partial charge is 0.409 e. The van der Waals surface area contributed by atoms with E-state index >= 15 is 0 Å². The molecule has 0 aromatic heterocycles. The molecule has 0 aliphatic rings. The highest BCUT2D eigenvalue weighted by atomic mass is 16.4. The Kier molecular flexibility index (Phi) is 3.10. The molecule has 86 valence electrons. The summed E-state index contributed by atoms with van der Waals surface area (Å²) in [5.74, 6) is 0.141. The molecule has 0 aliphatic heterocycles. The van der Waals surface area contributed by atoms with Crippen molar-refractivity contribution in [3.63, 3.8) is 0 Å². The van der Waals surface area contributed by atoms with Crippen LogP contribution >= 0.6 is 0 Å². The second-order valence-electron chi connectivity index (χ2n) is 3.85. The Bertz CT molecular complexity index is 547. The summed E-state index contributed by atoms with van der Waals surface area (Å²) in [4.78, 5) is 0. The second-order valence-corrected chi connectivity index (χ2v) is 3.85. The highest BCUT2D eigenvalue weighted by Gasteiger charge is 2.11. The third kappa shape index (κ3) is 2.13. The van der Waals surface area contributed by atoms with Crippen molar-refractivity contribution in [3.05, 3.63) is 59.7 Å². The van der Waals surface area contributed by atoms with Crippen molar-refractivity contribution in [2.24, 2.45) is 10.9 Å². The number of aryl methyl sites for hydroxylation is 1. The van der Waals surface area contributed by atoms with E-state index in [0.29, 0.717) is 0 Å². The SMILES string of the molecule is Cc1cccc(-c2ccccc2)c1C(N)=NO. The van der Waals surface area contributed by atoms with Gasteiger partial charge in [0.15, 0.2) is 5.84 Å². The first-order valence-electron chi connectivity index (χ1n) is 5.37. The molecule has 3 N–H and O–H groups in total. The molecule has 0 radical (unpaired) electrons. The molecule has 0 bridgehead atoms. The smallest absolute Gasteiger partial charge is 0.170 e. The van der Waals surface area contributed by atoms with E-state index in [1.807, 2.05) is 55.5 Å². The van der Waals surface area contributed by atoms with Crippen LogP contribution in [0.25, 0.3) is 11.1 Å². The number of rotatable bonds is 2. The lowest BCUT2D eigenvalue weighted by Gasteiger charge is -2.11. The van der Waals surface area contributed by atoms with Gasteiger partial charge in [-0.1, -0.05) is 53.7 Å². The molecule has 0 spiro atoms. The molecule has 2 aromatic carbocycles. The minimum absolute atomic E-state index is 0.141. The Labute approximate surface area is 100 Å². The third-order valence-electron chi connectivity index (χ3n) is 2.72. The summed E-state index contributed by atoms with van der Waals surface area (Å²) < 4.78 is 0. The van der Waals surface area contributed by atoms with Gasteiger partial charge in [0.2, 0.25) is 0 Å². The molecule has 0 aliphatic carbocycles. The van der Waals surface area contributed by atoms with Gasteiger partial charge in [-0.2, -0.15) is 0 Å². The van der Waals surface area contributed by atoms with E-state index in [-0.39, 0.29) is 5.84 Å². The molecular formula is C14H14N2O. The van der Waals surface area contributed by atoms with E-state index in [1.54, 1.807) is 0 Å². The molecule has 0 amide bonds. The van der Waals surface area contributed by atoms with Crippen LogP contribution in [0.2, 0.25) is 0 Å². The number of benzene rings is 2. The van der Waals surface area contributed by atoms with Crippen LogP contribution < -0.4 is 5.73 Å². The number of amidine groups is 1. The van der Waals surface area contributed by atoms with Gasteiger partial charge >= 0.3 is 0 Å². The average molecular weight is 226 g/mol. The van der Waals surface area contributed by atoms with E-state index < -0.39 is 0 Å². The molecule has 3 nitrogen and oxygen atoms in total. The van der Waals surface area contributed by atoms with E-state index in [9.17, 15) is 0 Å². The zero-order valence-electron chi connectivity index (χ0n) is 9.59. The van der Waals surface area contributed by atoms with Crippen LogP contribution in [-0.2, 0) is 0 Å². The lowest BCUT2D eigenvalue weighted by Crippen LogP contribution is -2.16. The molecule has 2 aromatic rings. The van der Waals surface area contributed by atoms with Gasteiger partial charge in [-0.3, -0.25) is 0 Å². The first-order valence-corrected chi connectivity index (χ1v) is 5.37. The number of hydrogen-bond donors (Lipinski definition) is 2. The number of nitrogens with two attached hydrogens (primary N) is 1. The van der Waals surface area contributed by atoms with Crippen molar-refractivity contribution in [3.8, 4) is 11.1 Å². The average Bonchev–Trinajstić information content (AvgIpc) is 2.38. The fourth-order valence-electron chi connectivity index (χ4n) is 1.92. The minimum Gasteiger partial charge on any atom is -0.409 e. The second kappa shape index (κ2) is 4.70. The van der Waals surface area contributed by atoms with Gasteiger partial charge in [-0.15, -0.1) is 0 Å². The zero-order chi connectivity index (χ0) is 12.3. The van der Waals surface area contributed by atoms with Crippen molar-refractivity contribution >= 4 is 5.84 Å². The summed E-state index contributed by atoms with van der Waals surface area (Å²) in [7, 11) is 0. The monoisotopic (exact) mass is 226 g/mol. The van der Waals surface area contributed by atoms with E-state index in [2.05, 4.69) is 5.16 Å². The number of hydrogen-bond acceptors (Lipinski definition) is 2. The summed E-state index contributed by atoms with van der Waals surface area (Å²) >= 11 is 0. The predicted molar refractivity (Wildman–Crippen MR) is 69.1 cm³/mol. The fraction of sp³-hybridized carbons (Fsp3) is 0.0714. The minimum atomic E-state index is 0.141. The maximum atomic E-state index is 8.85. The van der Waals surface area contributed by atoms with Gasteiger partial charge < -0.3 is 10.9 Å². The van der Waals surface area contributed by atoms with Gasteiger partial charge in [-0.25, -0.2) is 0 Å².